The second kappa shape index (κ2) is 12.9. The third-order valence-corrected chi connectivity index (χ3v) is 9.18. The number of alkyl halides is 4. The Labute approximate surface area is 264 Å². The van der Waals surface area contributed by atoms with Crippen LogP contribution in [0.25, 0.3) is 0 Å². The van der Waals surface area contributed by atoms with Crippen LogP contribution in [0.2, 0.25) is 0 Å². The number of primary amides is 1. The Hall–Kier alpha value is -3.80. The monoisotopic (exact) mass is 646 g/mol. The molecule has 2 aromatic rings. The summed E-state index contributed by atoms with van der Waals surface area (Å²) in [7, 11) is 0. The van der Waals surface area contributed by atoms with Crippen LogP contribution in [0.5, 0.6) is 5.75 Å². The number of carbonyl (C=O) groups excluding carboxylic acids is 2. The van der Waals surface area contributed by atoms with Crippen LogP contribution in [0, 0.1) is 11.3 Å². The lowest BCUT2D eigenvalue weighted by atomic mass is 9.75. The van der Waals surface area contributed by atoms with Gasteiger partial charge in [-0.05, 0) is 80.4 Å². The van der Waals surface area contributed by atoms with Crippen molar-refractivity contribution in [1.82, 2.24) is 9.80 Å². The van der Waals surface area contributed by atoms with Gasteiger partial charge in [0, 0.05) is 44.3 Å². The number of hydrogen-bond donors (Lipinski definition) is 1. The number of rotatable bonds is 10. The highest BCUT2D eigenvalue weighted by Gasteiger charge is 2.59. The third-order valence-electron chi connectivity index (χ3n) is 8.82. The predicted molar refractivity (Wildman–Crippen MR) is 164 cm³/mol. The summed E-state index contributed by atoms with van der Waals surface area (Å²) in [5.41, 5.74) is 3.61. The second-order valence-corrected chi connectivity index (χ2v) is 12.0. The van der Waals surface area contributed by atoms with E-state index in [1.165, 1.54) is 6.07 Å². The fraction of sp³-hybridized carbons (Fsp3) is 0.484. The predicted octanol–water partition coefficient (Wildman–Crippen LogP) is 4.02. The van der Waals surface area contributed by atoms with Gasteiger partial charge in [-0.3, -0.25) is 28.7 Å². The maximum Gasteiger partial charge on any atom is 0.417 e. The highest BCUT2D eigenvalue weighted by Crippen LogP contribution is 2.49. The molecule has 0 bridgehead atoms. The number of benzene rings is 2. The molecule has 1 atom stereocenters. The van der Waals surface area contributed by atoms with Crippen molar-refractivity contribution in [2.75, 3.05) is 55.8 Å². The number of hydrogen-bond acceptors (Lipinski definition) is 7. The van der Waals surface area contributed by atoms with E-state index in [1.807, 2.05) is 11.8 Å². The highest BCUT2D eigenvalue weighted by molar-refractivity contribution is 7.81. The van der Waals surface area contributed by atoms with Crippen molar-refractivity contribution in [1.29, 1.82) is 5.26 Å². The number of halogens is 4. The SMILES string of the molecule is C[C@@H]1CN(CCOc2ccc(N3C(=S)N(c4ccc(C#N)c(C(F)(F)F)c4)C(=O)C34CCC4)cc2CCF)CCN1CC(N)=O. The summed E-state index contributed by atoms with van der Waals surface area (Å²) in [6.07, 6.45) is -3.11. The molecule has 1 spiro atoms. The van der Waals surface area contributed by atoms with Gasteiger partial charge in [0.2, 0.25) is 5.91 Å². The number of anilines is 2. The smallest absolute Gasteiger partial charge is 0.417 e. The quantitative estimate of drug-likeness (QED) is 0.305. The Morgan fingerprint density at radius 3 is 2.51 bits per heavy atom. The van der Waals surface area contributed by atoms with Gasteiger partial charge < -0.3 is 15.4 Å². The van der Waals surface area contributed by atoms with Gasteiger partial charge >= 0.3 is 6.18 Å². The summed E-state index contributed by atoms with van der Waals surface area (Å²) in [4.78, 5) is 32.2. The van der Waals surface area contributed by atoms with E-state index in [-0.39, 0.29) is 35.7 Å². The molecule has 0 aromatic heterocycles. The van der Waals surface area contributed by atoms with E-state index >= 15 is 0 Å². The Bertz CT molecular complexity index is 1530. The standard InChI is InChI=1S/C31H34F4N6O3S/c1-20-18-38(11-12-39(20)19-27(37)42)13-14-44-26-6-5-24(15-21(26)7-10-32)41-29(45)40(28(43)30(41)8-2-9-30)23-4-3-22(17-36)25(16-23)31(33,34)35/h3-6,15-16,20H,2,7-14,18-19H2,1H3,(H2,37,42)/t20-/m1/s1. The Morgan fingerprint density at radius 1 is 1.18 bits per heavy atom. The molecule has 240 valence electrons. The molecule has 0 radical (unpaired) electrons. The zero-order valence-electron chi connectivity index (χ0n) is 24.8. The average molecular weight is 647 g/mol. The van der Waals surface area contributed by atoms with E-state index in [0.29, 0.717) is 49.5 Å². The van der Waals surface area contributed by atoms with Crippen LogP contribution in [-0.2, 0) is 22.2 Å². The number of aryl methyl sites for hydroxylation is 1. The summed E-state index contributed by atoms with van der Waals surface area (Å²) in [5, 5.41) is 9.22. The molecule has 3 fully saturated rings. The van der Waals surface area contributed by atoms with Gasteiger partial charge in [0.15, 0.2) is 5.11 Å². The zero-order valence-corrected chi connectivity index (χ0v) is 25.6. The van der Waals surface area contributed by atoms with Crippen molar-refractivity contribution in [3.63, 3.8) is 0 Å². The first kappa shape index (κ1) is 32.6. The molecule has 3 aliphatic rings. The molecule has 1 saturated carbocycles. The Kier molecular flexibility index (Phi) is 9.34. The largest absolute Gasteiger partial charge is 0.492 e. The fourth-order valence-electron chi connectivity index (χ4n) is 6.35. The number of nitrogens with two attached hydrogens (primary N) is 1. The molecule has 2 N–H and O–H groups in total. The number of piperazine rings is 1. The van der Waals surface area contributed by atoms with E-state index in [0.717, 1.165) is 36.5 Å². The lowest BCUT2D eigenvalue weighted by molar-refractivity contribution is -0.137. The van der Waals surface area contributed by atoms with E-state index in [1.54, 1.807) is 29.2 Å². The van der Waals surface area contributed by atoms with Crippen molar-refractivity contribution in [2.24, 2.45) is 5.73 Å². The third kappa shape index (κ3) is 6.34. The number of nitrogens with zero attached hydrogens (tertiary/aromatic N) is 5. The molecular weight excluding hydrogens is 612 g/mol. The summed E-state index contributed by atoms with van der Waals surface area (Å²) in [6.45, 7) is 4.78. The molecule has 0 unspecified atom stereocenters. The van der Waals surface area contributed by atoms with Gasteiger partial charge in [-0.2, -0.15) is 18.4 Å². The van der Waals surface area contributed by atoms with Gasteiger partial charge in [-0.15, -0.1) is 0 Å². The number of nitriles is 1. The maximum absolute atomic E-state index is 13.8. The van der Waals surface area contributed by atoms with Crippen molar-refractivity contribution < 1.29 is 31.9 Å². The fourth-order valence-corrected chi connectivity index (χ4v) is 6.82. The zero-order chi connectivity index (χ0) is 32.5. The van der Waals surface area contributed by atoms with E-state index in [4.69, 9.17) is 22.7 Å². The molecular formula is C31H34F4N6O3S. The molecule has 2 heterocycles. The average Bonchev–Trinajstić information content (AvgIpc) is 3.20. The first-order valence-electron chi connectivity index (χ1n) is 14.8. The minimum atomic E-state index is -4.80. The lowest BCUT2D eigenvalue weighted by Crippen LogP contribution is -2.55. The van der Waals surface area contributed by atoms with E-state index in [2.05, 4.69) is 4.90 Å². The maximum atomic E-state index is 13.8. The molecule has 2 amide bonds. The van der Waals surface area contributed by atoms with Gasteiger partial charge in [-0.25, -0.2) is 0 Å². The van der Waals surface area contributed by atoms with Crippen LogP contribution in [0.15, 0.2) is 36.4 Å². The Morgan fingerprint density at radius 2 is 1.91 bits per heavy atom. The molecule has 2 aliphatic heterocycles. The van der Waals surface area contributed by atoms with Crippen LogP contribution in [0.1, 0.15) is 42.9 Å². The van der Waals surface area contributed by atoms with Crippen molar-refractivity contribution >= 4 is 40.5 Å². The Balaban J connectivity index is 1.35. The van der Waals surface area contributed by atoms with Crippen LogP contribution < -0.4 is 20.3 Å². The molecule has 2 aromatic carbocycles. The van der Waals surface area contributed by atoms with Crippen molar-refractivity contribution in [3.05, 3.63) is 53.1 Å². The van der Waals surface area contributed by atoms with Crippen molar-refractivity contribution in [2.45, 2.75) is 50.4 Å². The molecule has 5 rings (SSSR count). The first-order chi connectivity index (χ1) is 21.4. The van der Waals surface area contributed by atoms with E-state index in [9.17, 15) is 32.4 Å². The minimum absolute atomic E-state index is 0.0157. The van der Waals surface area contributed by atoms with E-state index < -0.39 is 35.4 Å². The van der Waals surface area contributed by atoms with Crippen LogP contribution in [0.3, 0.4) is 0 Å². The number of thiocarbonyl (C=S) groups is 1. The summed E-state index contributed by atoms with van der Waals surface area (Å²) >= 11 is 5.72. The molecule has 2 saturated heterocycles. The normalized spacial score (nSPS) is 20.4. The molecule has 9 nitrogen and oxygen atoms in total. The second-order valence-electron chi connectivity index (χ2n) is 11.6. The van der Waals surface area contributed by atoms with Gasteiger partial charge in [0.25, 0.3) is 5.91 Å². The van der Waals surface area contributed by atoms with Crippen molar-refractivity contribution in [3.8, 4) is 11.8 Å². The number of carbonyl (C=O) groups is 2. The lowest BCUT2D eigenvalue weighted by Gasteiger charge is -2.43. The summed E-state index contributed by atoms with van der Waals surface area (Å²) < 4.78 is 60.9. The number of ether oxygens (including phenoxy) is 1. The van der Waals surface area contributed by atoms with Gasteiger partial charge in [-0.1, -0.05) is 0 Å². The van der Waals surface area contributed by atoms with Gasteiger partial charge in [0.05, 0.1) is 36.1 Å². The molecule has 45 heavy (non-hydrogen) atoms. The summed E-state index contributed by atoms with van der Waals surface area (Å²) in [5.74, 6) is -0.300. The first-order valence-corrected chi connectivity index (χ1v) is 15.2. The van der Waals surface area contributed by atoms with Crippen LogP contribution >= 0.6 is 12.2 Å². The molecule has 14 heteroatoms. The minimum Gasteiger partial charge on any atom is -0.492 e. The van der Waals surface area contributed by atoms with Gasteiger partial charge in [0.1, 0.15) is 17.9 Å². The van der Waals surface area contributed by atoms with Crippen LogP contribution in [-0.4, -0.2) is 84.3 Å². The highest BCUT2D eigenvalue weighted by atomic mass is 32.1. The van der Waals surface area contributed by atoms with Crippen LogP contribution in [0.4, 0.5) is 28.9 Å². The molecule has 1 aliphatic carbocycles. The number of amides is 2. The topological polar surface area (TPSA) is 106 Å². The summed E-state index contributed by atoms with van der Waals surface area (Å²) in [6, 6.07) is 9.98.